The van der Waals surface area contributed by atoms with Crippen LogP contribution >= 0.6 is 0 Å². The van der Waals surface area contributed by atoms with E-state index in [2.05, 4.69) is 5.32 Å². The number of nitrogens with one attached hydrogen (secondary N) is 1. The van der Waals surface area contributed by atoms with Crippen LogP contribution in [-0.2, 0) is 35.8 Å². The number of rotatable bonds is 6. The highest BCUT2D eigenvalue weighted by Gasteiger charge is 2.43. The number of alkyl halides is 3. The van der Waals surface area contributed by atoms with Gasteiger partial charge in [0.2, 0.25) is 11.8 Å². The molecule has 3 atom stereocenters. The molecule has 3 unspecified atom stereocenters. The van der Waals surface area contributed by atoms with Crippen molar-refractivity contribution in [1.29, 1.82) is 0 Å². The number of carbonyl (C=O) groups is 3. The van der Waals surface area contributed by atoms with Crippen LogP contribution in [0.2, 0.25) is 0 Å². The van der Waals surface area contributed by atoms with Gasteiger partial charge in [-0.25, -0.2) is 0 Å². The minimum atomic E-state index is -4.64. The van der Waals surface area contributed by atoms with E-state index in [0.29, 0.717) is 28.0 Å². The lowest BCUT2D eigenvalue weighted by Gasteiger charge is -2.36. The van der Waals surface area contributed by atoms with E-state index in [-0.39, 0.29) is 24.9 Å². The molecule has 3 aromatic carbocycles. The molecule has 6 rings (SSSR count). The van der Waals surface area contributed by atoms with Gasteiger partial charge in [-0.1, -0.05) is 42.5 Å². The maximum atomic E-state index is 13.9. The summed E-state index contributed by atoms with van der Waals surface area (Å²) >= 11 is 0. The van der Waals surface area contributed by atoms with E-state index in [1.807, 2.05) is 25.2 Å². The standard InChI is InChI=1S/C33H31F3N4O5/c1-38-18-23(21-9-4-6-11-26(21)38)31(43)40-17-20(41)14-28(40)30(42)37-25-15-22-27(12-7-13-29(22)45-2)39(32(25)44)16-19-8-3-5-10-24(19)33(34,35)36/h3-13,18,20,25,28,41H,14-17H2,1-2H3,(H,37,42). The van der Waals surface area contributed by atoms with Crippen LogP contribution in [0.3, 0.4) is 0 Å². The first-order chi connectivity index (χ1) is 21.5. The predicted octanol–water partition coefficient (Wildman–Crippen LogP) is 4.06. The van der Waals surface area contributed by atoms with E-state index >= 15 is 0 Å². The van der Waals surface area contributed by atoms with Gasteiger partial charge in [0, 0.05) is 49.1 Å². The Kier molecular flexibility index (Phi) is 7.77. The molecule has 0 spiro atoms. The highest BCUT2D eigenvalue weighted by atomic mass is 19.4. The van der Waals surface area contributed by atoms with Crippen molar-refractivity contribution in [3.8, 4) is 5.75 Å². The average Bonchev–Trinajstić information content (AvgIpc) is 3.58. The summed E-state index contributed by atoms with van der Waals surface area (Å²) in [5.41, 5.74) is 1.16. The number of hydrogen-bond donors (Lipinski definition) is 2. The van der Waals surface area contributed by atoms with E-state index in [1.165, 1.54) is 35.1 Å². The molecular formula is C33H31F3N4O5. The van der Waals surface area contributed by atoms with Crippen molar-refractivity contribution in [3.63, 3.8) is 0 Å². The zero-order valence-electron chi connectivity index (χ0n) is 24.5. The van der Waals surface area contributed by atoms with Gasteiger partial charge in [-0.3, -0.25) is 14.4 Å². The number of aliphatic hydroxyl groups excluding tert-OH is 1. The summed E-state index contributed by atoms with van der Waals surface area (Å²) < 4.78 is 48.8. The van der Waals surface area contributed by atoms with Gasteiger partial charge in [0.15, 0.2) is 0 Å². The number of likely N-dealkylation sites (tertiary alicyclic amines) is 1. The maximum Gasteiger partial charge on any atom is 0.416 e. The summed E-state index contributed by atoms with van der Waals surface area (Å²) in [6.07, 6.45) is -3.93. The van der Waals surface area contributed by atoms with Crippen LogP contribution in [-0.4, -0.2) is 64.1 Å². The van der Waals surface area contributed by atoms with Crippen molar-refractivity contribution in [1.82, 2.24) is 14.8 Å². The van der Waals surface area contributed by atoms with Crippen molar-refractivity contribution in [2.75, 3.05) is 18.6 Å². The third-order valence-corrected chi connectivity index (χ3v) is 8.53. The van der Waals surface area contributed by atoms with Crippen molar-refractivity contribution in [2.24, 2.45) is 7.05 Å². The summed E-state index contributed by atoms with van der Waals surface area (Å²) in [5, 5.41) is 14.0. The van der Waals surface area contributed by atoms with Crippen molar-refractivity contribution in [2.45, 2.75) is 43.8 Å². The second-order valence-corrected chi connectivity index (χ2v) is 11.3. The number of ether oxygens (including phenoxy) is 1. The monoisotopic (exact) mass is 620 g/mol. The summed E-state index contributed by atoms with van der Waals surface area (Å²) in [7, 11) is 3.25. The van der Waals surface area contributed by atoms with Crippen LogP contribution in [0.25, 0.3) is 10.9 Å². The van der Waals surface area contributed by atoms with Crippen LogP contribution in [0.1, 0.15) is 33.5 Å². The number of aromatic nitrogens is 1. The average molecular weight is 621 g/mol. The predicted molar refractivity (Wildman–Crippen MR) is 160 cm³/mol. The molecule has 0 radical (unpaired) electrons. The van der Waals surface area contributed by atoms with Crippen LogP contribution in [0, 0.1) is 0 Å². The van der Waals surface area contributed by atoms with Crippen molar-refractivity contribution < 1.29 is 37.4 Å². The third kappa shape index (κ3) is 5.50. The molecule has 2 aliphatic rings. The Morgan fingerprint density at radius 2 is 1.78 bits per heavy atom. The molecule has 4 aromatic rings. The Bertz CT molecular complexity index is 1800. The minimum Gasteiger partial charge on any atom is -0.496 e. The molecule has 2 N–H and O–H groups in total. The highest BCUT2D eigenvalue weighted by molar-refractivity contribution is 6.09. The fourth-order valence-corrected chi connectivity index (χ4v) is 6.40. The summed E-state index contributed by atoms with van der Waals surface area (Å²) in [4.78, 5) is 43.9. The van der Waals surface area contributed by atoms with Gasteiger partial charge < -0.3 is 29.5 Å². The topological polar surface area (TPSA) is 104 Å². The molecule has 3 amide bonds. The molecule has 12 heteroatoms. The molecule has 234 valence electrons. The van der Waals surface area contributed by atoms with E-state index in [9.17, 15) is 32.7 Å². The Morgan fingerprint density at radius 1 is 1.04 bits per heavy atom. The quantitative estimate of drug-likeness (QED) is 0.339. The molecule has 9 nitrogen and oxygen atoms in total. The van der Waals surface area contributed by atoms with Crippen molar-refractivity contribution in [3.05, 3.63) is 95.2 Å². The largest absolute Gasteiger partial charge is 0.496 e. The van der Waals surface area contributed by atoms with Crippen LogP contribution in [0.4, 0.5) is 18.9 Å². The zero-order chi connectivity index (χ0) is 32.0. The lowest BCUT2D eigenvalue weighted by atomic mass is 9.94. The number of methoxy groups -OCH3 is 1. The van der Waals surface area contributed by atoms with Crippen LogP contribution < -0.4 is 15.0 Å². The lowest BCUT2D eigenvalue weighted by Crippen LogP contribution is -2.56. The summed E-state index contributed by atoms with van der Waals surface area (Å²) in [6, 6.07) is 15.1. The number of aryl methyl sites for hydroxylation is 1. The number of anilines is 1. The molecule has 2 aliphatic heterocycles. The molecule has 1 saturated heterocycles. The van der Waals surface area contributed by atoms with Gasteiger partial charge in [0.05, 0.1) is 36.6 Å². The number of nitrogens with zero attached hydrogens (tertiary/aromatic N) is 3. The summed E-state index contributed by atoms with van der Waals surface area (Å²) in [6.45, 7) is -0.468. The maximum absolute atomic E-state index is 13.9. The molecule has 0 saturated carbocycles. The van der Waals surface area contributed by atoms with E-state index < -0.39 is 54.2 Å². The highest BCUT2D eigenvalue weighted by Crippen LogP contribution is 2.38. The minimum absolute atomic E-state index is 0.0217. The molecule has 1 aromatic heterocycles. The van der Waals surface area contributed by atoms with E-state index in [0.717, 1.165) is 11.6 Å². The number of aliphatic hydroxyl groups is 1. The number of fused-ring (bicyclic) bond motifs is 2. The number of hydrogen-bond acceptors (Lipinski definition) is 5. The molecule has 3 heterocycles. The molecule has 45 heavy (non-hydrogen) atoms. The molecule has 1 fully saturated rings. The van der Waals surface area contributed by atoms with Gasteiger partial charge in [-0.05, 0) is 29.8 Å². The van der Waals surface area contributed by atoms with Gasteiger partial charge in [-0.15, -0.1) is 0 Å². The Hall–Kier alpha value is -4.84. The number of para-hydroxylation sites is 1. The molecular weight excluding hydrogens is 589 g/mol. The number of halogens is 3. The van der Waals surface area contributed by atoms with Gasteiger partial charge >= 0.3 is 6.18 Å². The number of amides is 3. The zero-order valence-corrected chi connectivity index (χ0v) is 24.5. The smallest absolute Gasteiger partial charge is 0.416 e. The first-order valence-corrected chi connectivity index (χ1v) is 14.4. The number of carbonyl (C=O) groups excluding carboxylic acids is 3. The summed E-state index contributed by atoms with van der Waals surface area (Å²) in [5.74, 6) is -1.27. The van der Waals surface area contributed by atoms with Crippen LogP contribution in [0.5, 0.6) is 5.75 Å². The van der Waals surface area contributed by atoms with Crippen LogP contribution in [0.15, 0.2) is 72.9 Å². The Labute approximate surface area is 256 Å². The van der Waals surface area contributed by atoms with Gasteiger partial charge in [0.25, 0.3) is 5.91 Å². The SMILES string of the molecule is COc1cccc2c1CC(NC(=O)C1CC(O)CN1C(=O)c1cn(C)c3ccccc13)C(=O)N2Cc1ccccc1C(F)(F)F. The molecule has 0 aliphatic carbocycles. The molecule has 0 bridgehead atoms. The number of benzene rings is 3. The number of β-amino-alcohol motifs (C(OH)–C–C–N with tert-alkyl or cyclic N) is 1. The van der Waals surface area contributed by atoms with Gasteiger partial charge in [-0.2, -0.15) is 13.2 Å². The first-order valence-electron chi connectivity index (χ1n) is 14.4. The van der Waals surface area contributed by atoms with Gasteiger partial charge in [0.1, 0.15) is 17.8 Å². The normalized spacial score (nSPS) is 20.0. The fraction of sp³-hybridized carbons (Fsp3) is 0.303. The first kappa shape index (κ1) is 30.2. The Balaban J connectivity index is 1.30. The van der Waals surface area contributed by atoms with E-state index in [1.54, 1.807) is 35.0 Å². The third-order valence-electron chi connectivity index (χ3n) is 8.53. The Morgan fingerprint density at radius 3 is 2.53 bits per heavy atom. The fourth-order valence-electron chi connectivity index (χ4n) is 6.40. The lowest BCUT2D eigenvalue weighted by molar-refractivity contribution is -0.138. The van der Waals surface area contributed by atoms with E-state index in [4.69, 9.17) is 4.74 Å². The van der Waals surface area contributed by atoms with Crippen molar-refractivity contribution >= 4 is 34.3 Å². The second-order valence-electron chi connectivity index (χ2n) is 11.3. The second kappa shape index (κ2) is 11.6.